The van der Waals surface area contributed by atoms with Crippen molar-refractivity contribution in [2.45, 2.75) is 27.4 Å². The summed E-state index contributed by atoms with van der Waals surface area (Å²) >= 11 is 5.80. The van der Waals surface area contributed by atoms with Crippen LogP contribution in [0.2, 0.25) is 0 Å². The highest BCUT2D eigenvalue weighted by Gasteiger charge is 2.16. The van der Waals surface area contributed by atoms with Gasteiger partial charge >= 0.3 is 0 Å². The van der Waals surface area contributed by atoms with E-state index in [9.17, 15) is 0 Å². The minimum absolute atomic E-state index is 0.0467. The lowest BCUT2D eigenvalue weighted by Crippen LogP contribution is -2.27. The van der Waals surface area contributed by atoms with Gasteiger partial charge < -0.3 is 0 Å². The van der Waals surface area contributed by atoms with Crippen LogP contribution in [0.5, 0.6) is 0 Å². The molecule has 0 aliphatic rings. The SMILES string of the molecule is Cc1ccc(-n2c(-c3ccccc3)nn(CN(C)C[C@H](C)C#N)c2=S)cc1C. The molecule has 0 spiro atoms. The smallest absolute Gasteiger partial charge is 0.204 e. The molecule has 0 saturated carbocycles. The summed E-state index contributed by atoms with van der Waals surface area (Å²) in [5, 5.41) is 13.9. The molecule has 0 saturated heterocycles. The second-order valence-electron chi connectivity index (χ2n) is 7.29. The van der Waals surface area contributed by atoms with Gasteiger partial charge in [-0.25, -0.2) is 4.68 Å². The Bertz CT molecular complexity index is 1060. The van der Waals surface area contributed by atoms with E-state index in [4.69, 9.17) is 22.6 Å². The first kappa shape index (κ1) is 20.0. The molecule has 3 aromatic rings. The lowest BCUT2D eigenvalue weighted by molar-refractivity contribution is 0.236. The molecule has 0 amide bonds. The quantitative estimate of drug-likeness (QED) is 0.570. The molecule has 28 heavy (non-hydrogen) atoms. The van der Waals surface area contributed by atoms with E-state index >= 15 is 0 Å². The molecule has 0 aliphatic heterocycles. The third-order valence-electron chi connectivity index (χ3n) is 4.80. The first-order valence-electron chi connectivity index (χ1n) is 9.31. The fraction of sp³-hybridized carbons (Fsp3) is 0.318. The van der Waals surface area contributed by atoms with Gasteiger partial charge in [-0.3, -0.25) is 9.47 Å². The maximum absolute atomic E-state index is 9.07. The number of hydrogen-bond acceptors (Lipinski definition) is 4. The van der Waals surface area contributed by atoms with Crippen molar-refractivity contribution in [2.24, 2.45) is 5.92 Å². The Kier molecular flexibility index (Phi) is 6.08. The van der Waals surface area contributed by atoms with Gasteiger partial charge in [0.25, 0.3) is 0 Å². The average Bonchev–Trinajstić information content (AvgIpc) is 3.00. The molecule has 3 rings (SSSR count). The summed E-state index contributed by atoms with van der Waals surface area (Å²) in [4.78, 5) is 2.07. The second kappa shape index (κ2) is 8.51. The van der Waals surface area contributed by atoms with Crippen molar-refractivity contribution in [3.63, 3.8) is 0 Å². The molecule has 1 atom stereocenters. The lowest BCUT2D eigenvalue weighted by atomic mass is 10.1. The summed E-state index contributed by atoms with van der Waals surface area (Å²) in [6.07, 6.45) is 0. The number of benzene rings is 2. The maximum atomic E-state index is 9.07. The molecule has 0 N–H and O–H groups in total. The van der Waals surface area contributed by atoms with Crippen LogP contribution in [0.1, 0.15) is 18.1 Å². The normalized spacial score (nSPS) is 12.1. The van der Waals surface area contributed by atoms with Gasteiger partial charge in [0.05, 0.1) is 24.3 Å². The van der Waals surface area contributed by atoms with Crippen molar-refractivity contribution in [1.29, 1.82) is 5.26 Å². The van der Waals surface area contributed by atoms with Gasteiger partial charge in [-0.2, -0.15) is 5.26 Å². The summed E-state index contributed by atoms with van der Waals surface area (Å²) in [6, 6.07) is 18.7. The largest absolute Gasteiger partial charge is 0.286 e. The standard InChI is InChI=1S/C22H25N5S/c1-16(13-23)14-25(4)15-26-22(28)27(20-11-10-17(2)18(3)12-20)21(24-26)19-8-6-5-7-9-19/h5-12,16H,14-15H2,1-4H3/t16-/m1/s1. The van der Waals surface area contributed by atoms with Gasteiger partial charge in [-0.1, -0.05) is 36.4 Å². The lowest BCUT2D eigenvalue weighted by Gasteiger charge is -2.17. The summed E-state index contributed by atoms with van der Waals surface area (Å²) < 4.78 is 4.49. The van der Waals surface area contributed by atoms with Crippen LogP contribution in [0, 0.1) is 35.9 Å². The maximum Gasteiger partial charge on any atom is 0.204 e. The third-order valence-corrected chi connectivity index (χ3v) is 5.19. The van der Waals surface area contributed by atoms with Crippen molar-refractivity contribution < 1.29 is 0 Å². The Morgan fingerprint density at radius 3 is 2.50 bits per heavy atom. The average molecular weight is 392 g/mol. The van der Waals surface area contributed by atoms with Crippen LogP contribution in [0.3, 0.4) is 0 Å². The Balaban J connectivity index is 2.09. The van der Waals surface area contributed by atoms with Gasteiger partial charge in [0.2, 0.25) is 4.77 Å². The number of rotatable bonds is 6. The molecule has 5 nitrogen and oxygen atoms in total. The van der Waals surface area contributed by atoms with E-state index in [1.165, 1.54) is 11.1 Å². The van der Waals surface area contributed by atoms with E-state index in [1.807, 2.05) is 53.6 Å². The van der Waals surface area contributed by atoms with Gasteiger partial charge in [0.1, 0.15) is 0 Å². The summed E-state index contributed by atoms with van der Waals surface area (Å²) in [6.45, 7) is 7.31. The fourth-order valence-electron chi connectivity index (χ4n) is 3.17. The molecule has 0 fully saturated rings. The molecule has 0 radical (unpaired) electrons. The van der Waals surface area contributed by atoms with Crippen LogP contribution in [-0.4, -0.2) is 32.8 Å². The molecule has 2 aromatic carbocycles. The first-order chi connectivity index (χ1) is 13.4. The van der Waals surface area contributed by atoms with Gasteiger partial charge in [0, 0.05) is 12.1 Å². The highest BCUT2D eigenvalue weighted by Crippen LogP contribution is 2.24. The first-order valence-corrected chi connectivity index (χ1v) is 9.72. The van der Waals surface area contributed by atoms with Crippen molar-refractivity contribution in [2.75, 3.05) is 13.6 Å². The number of hydrogen-bond donors (Lipinski definition) is 0. The number of aryl methyl sites for hydroxylation is 2. The van der Waals surface area contributed by atoms with Crippen molar-refractivity contribution in [3.05, 3.63) is 64.4 Å². The zero-order valence-corrected chi connectivity index (χ0v) is 17.6. The molecule has 144 valence electrons. The van der Waals surface area contributed by atoms with Crippen LogP contribution in [0.15, 0.2) is 48.5 Å². The molecule has 1 aromatic heterocycles. The van der Waals surface area contributed by atoms with Crippen molar-refractivity contribution in [3.8, 4) is 23.1 Å². The number of aromatic nitrogens is 3. The number of nitrogens with zero attached hydrogens (tertiary/aromatic N) is 5. The van der Waals surface area contributed by atoms with Crippen LogP contribution in [0.25, 0.3) is 17.1 Å². The molecule has 6 heteroatoms. The van der Waals surface area contributed by atoms with Crippen LogP contribution < -0.4 is 0 Å². The Hall–Kier alpha value is -2.75. The molecule has 0 bridgehead atoms. The Morgan fingerprint density at radius 2 is 1.86 bits per heavy atom. The minimum Gasteiger partial charge on any atom is -0.286 e. The molecular formula is C22H25N5S. The van der Waals surface area contributed by atoms with Crippen molar-refractivity contribution in [1.82, 2.24) is 19.2 Å². The summed E-state index contributed by atoms with van der Waals surface area (Å²) in [7, 11) is 1.98. The Morgan fingerprint density at radius 1 is 1.14 bits per heavy atom. The summed E-state index contributed by atoms with van der Waals surface area (Å²) in [5.41, 5.74) is 4.48. The van der Waals surface area contributed by atoms with Crippen LogP contribution >= 0.6 is 12.2 Å². The van der Waals surface area contributed by atoms with Gasteiger partial charge in [-0.15, -0.1) is 5.10 Å². The van der Waals surface area contributed by atoms with E-state index in [0.29, 0.717) is 18.0 Å². The summed E-state index contributed by atoms with van der Waals surface area (Å²) in [5.74, 6) is 0.769. The topological polar surface area (TPSA) is 49.8 Å². The van der Waals surface area contributed by atoms with E-state index < -0.39 is 0 Å². The second-order valence-corrected chi connectivity index (χ2v) is 7.65. The van der Waals surface area contributed by atoms with E-state index in [0.717, 1.165) is 17.1 Å². The zero-order valence-electron chi connectivity index (χ0n) is 16.8. The van der Waals surface area contributed by atoms with Crippen LogP contribution in [-0.2, 0) is 6.67 Å². The van der Waals surface area contributed by atoms with Gasteiger partial charge in [0.15, 0.2) is 5.82 Å². The van der Waals surface area contributed by atoms with Crippen LogP contribution in [0.4, 0.5) is 0 Å². The molecule has 0 aliphatic carbocycles. The van der Waals surface area contributed by atoms with E-state index in [-0.39, 0.29) is 5.92 Å². The monoisotopic (exact) mass is 391 g/mol. The predicted octanol–water partition coefficient (Wildman–Crippen LogP) is 4.74. The minimum atomic E-state index is -0.0467. The predicted molar refractivity (Wildman–Crippen MR) is 115 cm³/mol. The highest BCUT2D eigenvalue weighted by molar-refractivity contribution is 7.71. The van der Waals surface area contributed by atoms with Gasteiger partial charge in [-0.05, 0) is 63.3 Å². The Labute approximate surface area is 171 Å². The highest BCUT2D eigenvalue weighted by atomic mass is 32.1. The van der Waals surface area contributed by atoms with E-state index in [1.54, 1.807) is 0 Å². The fourth-order valence-corrected chi connectivity index (χ4v) is 3.46. The third kappa shape index (κ3) is 4.22. The van der Waals surface area contributed by atoms with E-state index in [2.05, 4.69) is 43.0 Å². The number of nitriles is 1. The zero-order chi connectivity index (χ0) is 20.3. The molecule has 1 heterocycles. The molecule has 0 unspecified atom stereocenters. The molecular weight excluding hydrogens is 366 g/mol. The van der Waals surface area contributed by atoms with Crippen molar-refractivity contribution >= 4 is 12.2 Å².